The third-order valence-electron chi connectivity index (χ3n) is 5.25. The summed E-state index contributed by atoms with van der Waals surface area (Å²) >= 11 is 0. The predicted molar refractivity (Wildman–Crippen MR) is 179 cm³/mol. The van der Waals surface area contributed by atoms with Crippen molar-refractivity contribution < 1.29 is 157 Å². The van der Waals surface area contributed by atoms with Crippen LogP contribution < -0.4 is 10.6 Å². The molecule has 0 saturated heterocycles. The molecule has 0 aromatic heterocycles. The van der Waals surface area contributed by atoms with Crippen molar-refractivity contribution in [2.75, 3.05) is 99.3 Å². The number of amides is 1. The molecule has 310 valence electrons. The Labute approximate surface area is 373 Å². The zero-order valence-corrected chi connectivity index (χ0v) is 32.8. The van der Waals surface area contributed by atoms with E-state index in [4.69, 9.17) is 35.2 Å². The summed E-state index contributed by atoms with van der Waals surface area (Å²) in [6.45, 7) is 19.4. The summed E-state index contributed by atoms with van der Waals surface area (Å²) in [7, 11) is 1.56. The zero-order valence-electron chi connectivity index (χ0n) is 29.3. The summed E-state index contributed by atoms with van der Waals surface area (Å²) in [6.07, 6.45) is -5.89. The molecular formula is C31H58N4O13Yb2-2. The van der Waals surface area contributed by atoms with E-state index in [1.54, 1.807) is 20.9 Å². The van der Waals surface area contributed by atoms with Gasteiger partial charge in [0.15, 0.2) is 0 Å². The fourth-order valence-electron chi connectivity index (χ4n) is 2.66. The summed E-state index contributed by atoms with van der Waals surface area (Å²) in [5.41, 5.74) is 14.7. The molecule has 4 atom stereocenters. The van der Waals surface area contributed by atoms with Crippen molar-refractivity contribution in [3.63, 3.8) is 0 Å². The number of nitrogens with one attached hydrogen (secondary N) is 4. The van der Waals surface area contributed by atoms with Crippen LogP contribution in [0.4, 0.5) is 0 Å². The molecule has 0 rings (SSSR count). The standard InChI is InChI=1S/C11H21NO6.C10H19N2O3.C10H18NO4.2Yb/c1-6(2)11(17)18-5-8(14)10(16)9(15)7(13)4-12-3;1-9(2)10(13)12-4-6-15-8-7-14-5-3-11;1-9(2)10(12)15-8-7-14-6-5-13-4-3-11;;/h7-10,12-16H,1,4-5H2,2-3H3;11H,1,3-8H2,2H3,(H,12,13);11H,1,3-8H2,2H3;;/q;2*-1;;. The van der Waals surface area contributed by atoms with E-state index >= 15 is 0 Å². The first-order valence-electron chi connectivity index (χ1n) is 15.2. The normalized spacial score (nSPS) is 12.4. The fraction of sp³-hybridized carbons (Fsp3) is 0.710. The van der Waals surface area contributed by atoms with Gasteiger partial charge in [-0.3, -0.25) is 4.79 Å². The van der Waals surface area contributed by atoms with Crippen LogP contribution in [0.15, 0.2) is 36.5 Å². The number of likely N-dealkylation sites (N-methyl/N-ethyl adjacent to an activating group) is 1. The number of carbonyl (C=O) groups is 3. The van der Waals surface area contributed by atoms with Crippen molar-refractivity contribution in [2.45, 2.75) is 45.2 Å². The first kappa shape index (κ1) is 59.5. The van der Waals surface area contributed by atoms with Crippen molar-refractivity contribution in [1.29, 1.82) is 0 Å². The van der Waals surface area contributed by atoms with E-state index in [1.807, 2.05) is 0 Å². The number of carbonyl (C=O) groups excluding carboxylic acids is 3. The van der Waals surface area contributed by atoms with Gasteiger partial charge in [0.1, 0.15) is 31.5 Å². The van der Waals surface area contributed by atoms with E-state index in [2.05, 4.69) is 35.1 Å². The predicted octanol–water partition coefficient (Wildman–Crippen LogP) is -0.276. The monoisotopic (exact) mass is 1040 g/mol. The number of hydrogen-bond acceptors (Lipinski definition) is 14. The van der Waals surface area contributed by atoms with E-state index in [0.717, 1.165) is 0 Å². The van der Waals surface area contributed by atoms with Crippen LogP contribution in [0.1, 0.15) is 20.8 Å². The molecule has 8 N–H and O–H groups in total. The molecule has 0 aromatic rings. The smallest absolute Gasteiger partial charge is 0.333 e. The maximum Gasteiger partial charge on any atom is 0.333 e. The second kappa shape index (κ2) is 42.0. The average molecular weight is 1040 g/mol. The van der Waals surface area contributed by atoms with Crippen LogP contribution in [0, 0.1) is 93.8 Å². The van der Waals surface area contributed by atoms with Crippen molar-refractivity contribution in [2.24, 2.45) is 0 Å². The van der Waals surface area contributed by atoms with Crippen LogP contribution in [-0.2, 0) is 42.8 Å². The van der Waals surface area contributed by atoms with Gasteiger partial charge in [-0.05, 0) is 27.8 Å². The van der Waals surface area contributed by atoms with E-state index < -0.39 is 43.0 Å². The molecular weight excluding hydrogens is 982 g/mol. The topological polar surface area (TPSA) is 259 Å². The molecule has 0 aromatic carbocycles. The molecule has 0 fully saturated rings. The van der Waals surface area contributed by atoms with Gasteiger partial charge in [0, 0.05) is 137 Å². The maximum absolute atomic E-state index is 11.0. The summed E-state index contributed by atoms with van der Waals surface area (Å²) in [4.78, 5) is 32.9. The average Bonchev–Trinajstić information content (AvgIpc) is 3.05. The summed E-state index contributed by atoms with van der Waals surface area (Å²) in [6, 6.07) is 0. The second-order valence-electron chi connectivity index (χ2n) is 9.95. The molecule has 0 aliphatic heterocycles. The Balaban J connectivity index is -0.000000200. The third-order valence-corrected chi connectivity index (χ3v) is 5.25. The Hall–Kier alpha value is 0.229. The summed E-state index contributed by atoms with van der Waals surface area (Å²) in [5.74, 6) is -1.25. The summed E-state index contributed by atoms with van der Waals surface area (Å²) in [5, 5.41) is 43.2. The third kappa shape index (κ3) is 39.4. The van der Waals surface area contributed by atoms with Crippen molar-refractivity contribution in [3.8, 4) is 0 Å². The van der Waals surface area contributed by atoms with Gasteiger partial charge in [-0.2, -0.15) is 0 Å². The Morgan fingerprint density at radius 3 is 1.44 bits per heavy atom. The van der Waals surface area contributed by atoms with Gasteiger partial charge in [-0.15, -0.1) is 13.1 Å². The quantitative estimate of drug-likeness (QED) is 0.0371. The molecule has 0 radical (unpaired) electrons. The molecule has 50 heavy (non-hydrogen) atoms. The molecule has 0 saturated carbocycles. The molecule has 19 heteroatoms. The van der Waals surface area contributed by atoms with Crippen molar-refractivity contribution >= 4 is 17.8 Å². The van der Waals surface area contributed by atoms with Crippen LogP contribution in [0.5, 0.6) is 0 Å². The molecule has 0 heterocycles. The Kier molecular flexibility index (Phi) is 50.0. The number of rotatable bonds is 26. The van der Waals surface area contributed by atoms with Crippen LogP contribution in [0.2, 0.25) is 0 Å². The largest absolute Gasteiger partial charge is 0.676 e. The van der Waals surface area contributed by atoms with Gasteiger partial charge >= 0.3 is 11.9 Å². The molecule has 0 spiro atoms. The zero-order chi connectivity index (χ0) is 37.3. The minimum absolute atomic E-state index is 0. The number of aliphatic hydroxyl groups is 4. The molecule has 1 amide bonds. The fourth-order valence-corrected chi connectivity index (χ4v) is 2.66. The molecule has 0 bridgehead atoms. The van der Waals surface area contributed by atoms with Gasteiger partial charge < -0.3 is 70.9 Å². The number of aliphatic hydroxyl groups excluding tert-OH is 4. The first-order chi connectivity index (χ1) is 22.7. The Bertz CT molecular complexity index is 863. The summed E-state index contributed by atoms with van der Waals surface area (Å²) < 4.78 is 29.8. The second-order valence-corrected chi connectivity index (χ2v) is 9.95. The molecule has 17 nitrogen and oxygen atoms in total. The maximum atomic E-state index is 11.0. The van der Waals surface area contributed by atoms with Crippen LogP contribution in [-0.4, -0.2) is 162 Å². The van der Waals surface area contributed by atoms with Crippen LogP contribution in [0.25, 0.3) is 11.5 Å². The molecule has 0 aliphatic rings. The van der Waals surface area contributed by atoms with Gasteiger partial charge in [0.05, 0.1) is 45.7 Å². The van der Waals surface area contributed by atoms with E-state index in [0.29, 0.717) is 70.5 Å². The number of esters is 2. The van der Waals surface area contributed by atoms with Crippen molar-refractivity contribution in [1.82, 2.24) is 10.6 Å². The van der Waals surface area contributed by atoms with E-state index in [-0.39, 0.29) is 132 Å². The van der Waals surface area contributed by atoms with Gasteiger partial charge in [0.25, 0.3) is 0 Å². The van der Waals surface area contributed by atoms with Crippen LogP contribution in [0.3, 0.4) is 0 Å². The van der Waals surface area contributed by atoms with E-state index in [1.165, 1.54) is 6.92 Å². The van der Waals surface area contributed by atoms with E-state index in [9.17, 15) is 34.8 Å². The van der Waals surface area contributed by atoms with Crippen molar-refractivity contribution in [3.05, 3.63) is 47.9 Å². The minimum Gasteiger partial charge on any atom is -0.676 e. The minimum atomic E-state index is -1.62. The molecule has 0 aliphatic carbocycles. The van der Waals surface area contributed by atoms with Gasteiger partial charge in [-0.25, -0.2) is 9.59 Å². The number of hydrogen-bond donors (Lipinski definition) is 6. The van der Waals surface area contributed by atoms with Gasteiger partial charge in [-0.1, -0.05) is 19.7 Å². The Morgan fingerprint density at radius 1 is 0.620 bits per heavy atom. The van der Waals surface area contributed by atoms with Crippen LogP contribution >= 0.6 is 0 Å². The number of ether oxygens (including phenoxy) is 6. The Morgan fingerprint density at radius 2 is 1.02 bits per heavy atom. The SMILES string of the molecule is C=C(C)C(=O)NCCOCCOCC[NH-].C=C(C)C(=O)OCC(O)C(O)C(O)C(O)CNC.C=C(C)C(=O)OCCOCCOCC[NH-].[Yb].[Yb]. The molecule has 4 unspecified atom stereocenters. The van der Waals surface area contributed by atoms with Gasteiger partial charge in [0.2, 0.25) is 5.91 Å². The first-order valence-corrected chi connectivity index (χ1v) is 15.2.